The Morgan fingerprint density at radius 2 is 1.95 bits per heavy atom. The lowest BCUT2D eigenvalue weighted by Gasteiger charge is -2.22. The number of benzene rings is 1. The van der Waals surface area contributed by atoms with Gasteiger partial charge in [-0.05, 0) is 31.5 Å². The van der Waals surface area contributed by atoms with E-state index in [9.17, 15) is 4.79 Å². The van der Waals surface area contributed by atoms with Gasteiger partial charge in [-0.25, -0.2) is 0 Å². The molecule has 0 saturated carbocycles. The molecule has 1 heterocycles. The highest BCUT2D eigenvalue weighted by Crippen LogP contribution is 2.22. The summed E-state index contributed by atoms with van der Waals surface area (Å²) in [5.41, 5.74) is 0.634. The van der Waals surface area contributed by atoms with Crippen molar-refractivity contribution in [3.63, 3.8) is 0 Å². The van der Waals surface area contributed by atoms with E-state index in [1.54, 1.807) is 7.05 Å². The number of nitrogens with one attached hydrogen (secondary N) is 2. The standard InChI is InChI=1S/C15H19ClN4OS/c1-15(2,13(21)17-3)9-18-14-20-19-12(22-14)8-10-4-6-11(16)7-5-10/h4-7H,8-9H2,1-3H3,(H,17,21)(H,18,20). The number of aromatic nitrogens is 2. The molecular weight excluding hydrogens is 320 g/mol. The Morgan fingerprint density at radius 1 is 1.27 bits per heavy atom. The molecule has 22 heavy (non-hydrogen) atoms. The van der Waals surface area contributed by atoms with Gasteiger partial charge in [0.05, 0.1) is 5.41 Å². The van der Waals surface area contributed by atoms with Crippen LogP contribution in [0.15, 0.2) is 24.3 Å². The minimum Gasteiger partial charge on any atom is -0.359 e. The van der Waals surface area contributed by atoms with Gasteiger partial charge in [0.1, 0.15) is 5.01 Å². The van der Waals surface area contributed by atoms with Crippen molar-refractivity contribution in [1.82, 2.24) is 15.5 Å². The van der Waals surface area contributed by atoms with E-state index in [0.717, 1.165) is 27.1 Å². The van der Waals surface area contributed by atoms with Gasteiger partial charge in [0.2, 0.25) is 11.0 Å². The lowest BCUT2D eigenvalue weighted by molar-refractivity contribution is -0.128. The van der Waals surface area contributed by atoms with E-state index in [4.69, 9.17) is 11.6 Å². The summed E-state index contributed by atoms with van der Waals surface area (Å²) in [4.78, 5) is 11.7. The minimum atomic E-state index is -0.503. The molecule has 2 N–H and O–H groups in total. The summed E-state index contributed by atoms with van der Waals surface area (Å²) in [7, 11) is 1.64. The quantitative estimate of drug-likeness (QED) is 0.849. The highest BCUT2D eigenvalue weighted by Gasteiger charge is 2.26. The molecule has 7 heteroatoms. The second kappa shape index (κ2) is 7.07. The van der Waals surface area contributed by atoms with E-state index >= 15 is 0 Å². The number of halogens is 1. The monoisotopic (exact) mass is 338 g/mol. The number of carbonyl (C=O) groups is 1. The van der Waals surface area contributed by atoms with Crippen molar-refractivity contribution in [1.29, 1.82) is 0 Å². The summed E-state index contributed by atoms with van der Waals surface area (Å²) in [5.74, 6) is -0.00842. The van der Waals surface area contributed by atoms with Gasteiger partial charge >= 0.3 is 0 Å². The maximum absolute atomic E-state index is 11.7. The summed E-state index contributed by atoms with van der Waals surface area (Å²) in [6.07, 6.45) is 0.718. The third kappa shape index (κ3) is 4.42. The van der Waals surface area contributed by atoms with E-state index in [2.05, 4.69) is 20.8 Å². The van der Waals surface area contributed by atoms with E-state index in [-0.39, 0.29) is 5.91 Å². The lowest BCUT2D eigenvalue weighted by Crippen LogP contribution is -2.39. The third-order valence-electron chi connectivity index (χ3n) is 3.26. The topological polar surface area (TPSA) is 66.9 Å². The first kappa shape index (κ1) is 16.7. The molecule has 2 aromatic rings. The zero-order valence-corrected chi connectivity index (χ0v) is 14.4. The Morgan fingerprint density at radius 3 is 2.59 bits per heavy atom. The Labute approximate surface area is 139 Å². The molecular formula is C15H19ClN4OS. The normalized spacial score (nSPS) is 11.3. The fraction of sp³-hybridized carbons (Fsp3) is 0.400. The number of hydrogen-bond donors (Lipinski definition) is 2. The molecule has 0 fully saturated rings. The number of rotatable bonds is 6. The van der Waals surface area contributed by atoms with Crippen LogP contribution in [0.4, 0.5) is 5.13 Å². The Bertz CT molecular complexity index is 639. The van der Waals surface area contributed by atoms with E-state index in [0.29, 0.717) is 6.54 Å². The molecule has 1 aromatic heterocycles. The molecule has 0 bridgehead atoms. The van der Waals surface area contributed by atoms with E-state index in [1.807, 2.05) is 38.1 Å². The SMILES string of the molecule is CNC(=O)C(C)(C)CNc1nnc(Cc2ccc(Cl)cc2)s1. The number of anilines is 1. The minimum absolute atomic E-state index is 0.00842. The van der Waals surface area contributed by atoms with Crippen LogP contribution >= 0.6 is 22.9 Å². The first-order valence-electron chi connectivity index (χ1n) is 6.93. The maximum Gasteiger partial charge on any atom is 0.227 e. The van der Waals surface area contributed by atoms with Crippen LogP contribution in [0.5, 0.6) is 0 Å². The zero-order chi connectivity index (χ0) is 16.2. The molecule has 118 valence electrons. The maximum atomic E-state index is 11.7. The molecule has 0 radical (unpaired) electrons. The average molecular weight is 339 g/mol. The molecule has 1 aromatic carbocycles. The van der Waals surface area contributed by atoms with Crippen molar-refractivity contribution in [3.8, 4) is 0 Å². The fourth-order valence-corrected chi connectivity index (χ4v) is 2.78. The molecule has 0 atom stereocenters. The highest BCUT2D eigenvalue weighted by atomic mass is 35.5. The Balaban J connectivity index is 1.94. The molecule has 1 amide bonds. The summed E-state index contributed by atoms with van der Waals surface area (Å²) >= 11 is 7.37. The molecule has 2 rings (SSSR count). The van der Waals surface area contributed by atoms with Gasteiger partial charge in [-0.3, -0.25) is 4.79 Å². The third-order valence-corrected chi connectivity index (χ3v) is 4.39. The zero-order valence-electron chi connectivity index (χ0n) is 12.8. The van der Waals surface area contributed by atoms with E-state index in [1.165, 1.54) is 11.3 Å². The van der Waals surface area contributed by atoms with Crippen molar-refractivity contribution < 1.29 is 4.79 Å². The fourth-order valence-electron chi connectivity index (χ4n) is 1.89. The Kier molecular flexibility index (Phi) is 5.37. The summed E-state index contributed by atoms with van der Waals surface area (Å²) in [6.45, 7) is 4.27. The van der Waals surface area contributed by atoms with Crippen LogP contribution < -0.4 is 10.6 Å². The largest absolute Gasteiger partial charge is 0.359 e. The van der Waals surface area contributed by atoms with Crippen molar-refractivity contribution in [2.45, 2.75) is 20.3 Å². The molecule has 0 unspecified atom stereocenters. The second-order valence-electron chi connectivity index (χ2n) is 5.62. The van der Waals surface area contributed by atoms with Crippen molar-refractivity contribution >= 4 is 34.0 Å². The predicted octanol–water partition coefficient (Wildman–Crippen LogP) is 2.97. The van der Waals surface area contributed by atoms with Crippen LogP contribution in [-0.2, 0) is 11.2 Å². The average Bonchev–Trinajstić information content (AvgIpc) is 2.94. The van der Waals surface area contributed by atoms with Crippen LogP contribution in [0, 0.1) is 5.41 Å². The molecule has 0 aliphatic carbocycles. The number of carbonyl (C=O) groups excluding carboxylic acids is 1. The highest BCUT2D eigenvalue weighted by molar-refractivity contribution is 7.15. The van der Waals surface area contributed by atoms with Gasteiger partial charge in [0, 0.05) is 25.0 Å². The van der Waals surface area contributed by atoms with Gasteiger partial charge in [0.15, 0.2) is 0 Å². The van der Waals surface area contributed by atoms with E-state index < -0.39 is 5.41 Å². The molecule has 0 saturated heterocycles. The van der Waals surface area contributed by atoms with Gasteiger partial charge in [-0.2, -0.15) is 0 Å². The lowest BCUT2D eigenvalue weighted by atomic mass is 9.92. The summed E-state index contributed by atoms with van der Waals surface area (Å²) in [5, 5.41) is 16.5. The van der Waals surface area contributed by atoms with Crippen LogP contribution in [0.3, 0.4) is 0 Å². The summed E-state index contributed by atoms with van der Waals surface area (Å²) in [6, 6.07) is 7.68. The molecule has 0 spiro atoms. The number of nitrogens with zero attached hydrogens (tertiary/aromatic N) is 2. The first-order chi connectivity index (χ1) is 10.4. The van der Waals surface area contributed by atoms with Crippen molar-refractivity contribution in [2.75, 3.05) is 18.9 Å². The summed E-state index contributed by atoms with van der Waals surface area (Å²) < 4.78 is 0. The van der Waals surface area contributed by atoms with Crippen LogP contribution in [-0.4, -0.2) is 29.7 Å². The second-order valence-corrected chi connectivity index (χ2v) is 7.12. The van der Waals surface area contributed by atoms with Gasteiger partial charge in [-0.1, -0.05) is 35.1 Å². The number of amides is 1. The van der Waals surface area contributed by atoms with Crippen molar-refractivity contribution in [3.05, 3.63) is 39.9 Å². The predicted molar refractivity (Wildman–Crippen MR) is 90.5 cm³/mol. The van der Waals surface area contributed by atoms with Crippen LogP contribution in [0.1, 0.15) is 24.4 Å². The Hall–Kier alpha value is -1.66. The molecule has 0 aliphatic heterocycles. The van der Waals surface area contributed by atoms with Gasteiger partial charge in [-0.15, -0.1) is 10.2 Å². The van der Waals surface area contributed by atoms with Crippen molar-refractivity contribution in [2.24, 2.45) is 5.41 Å². The number of hydrogen-bond acceptors (Lipinski definition) is 5. The molecule has 0 aliphatic rings. The van der Waals surface area contributed by atoms with Gasteiger partial charge < -0.3 is 10.6 Å². The van der Waals surface area contributed by atoms with Crippen LogP contribution in [0.2, 0.25) is 5.02 Å². The molecule has 5 nitrogen and oxygen atoms in total. The van der Waals surface area contributed by atoms with Crippen LogP contribution in [0.25, 0.3) is 0 Å². The van der Waals surface area contributed by atoms with Gasteiger partial charge in [0.25, 0.3) is 0 Å². The smallest absolute Gasteiger partial charge is 0.227 e. The first-order valence-corrected chi connectivity index (χ1v) is 8.13.